The second-order valence-electron chi connectivity index (χ2n) is 12.9. The smallest absolute Gasteiger partial charge is 0.254 e. The first-order valence-electron chi connectivity index (χ1n) is 16.4. The highest BCUT2D eigenvalue weighted by atomic mass is 16.5. The molecule has 0 bridgehead atoms. The number of benzene rings is 1. The Bertz CT molecular complexity index is 1480. The van der Waals surface area contributed by atoms with Crippen molar-refractivity contribution >= 4 is 17.4 Å². The normalized spacial score (nSPS) is 21.7. The standard InChI is InChI=1S/C33H46N8O5/c1-22(2)31(33(44)41-11-9-24(42)21-41)29-19-30(37-46-29)45-17-16-38-10-8-23(20-38)39-12-14-40(15-13-39)27-18-26(35-36-32(27)34-3)25-6-4-5-7-28(25)43/h4-7,18-19,22-24,31,42-43H,8-17,20-21H2,1-3H3,(H,34,36). The lowest BCUT2D eigenvalue weighted by Crippen LogP contribution is -2.51. The molecule has 6 rings (SSSR count). The van der Waals surface area contributed by atoms with Gasteiger partial charge in [-0.15, -0.1) is 10.2 Å². The van der Waals surface area contributed by atoms with E-state index in [9.17, 15) is 15.0 Å². The largest absolute Gasteiger partial charge is 0.507 e. The Morgan fingerprint density at radius 1 is 1.07 bits per heavy atom. The summed E-state index contributed by atoms with van der Waals surface area (Å²) in [5, 5.41) is 36.2. The summed E-state index contributed by atoms with van der Waals surface area (Å²) in [5.74, 6) is 1.39. The second kappa shape index (κ2) is 14.2. The van der Waals surface area contributed by atoms with Crippen LogP contribution >= 0.6 is 0 Å². The third-order valence-corrected chi connectivity index (χ3v) is 9.49. The first kappa shape index (κ1) is 32.0. The summed E-state index contributed by atoms with van der Waals surface area (Å²) in [5.41, 5.74) is 2.32. The van der Waals surface area contributed by atoms with E-state index in [1.807, 2.05) is 39.1 Å². The van der Waals surface area contributed by atoms with Crippen LogP contribution in [-0.4, -0.2) is 131 Å². The van der Waals surface area contributed by atoms with Gasteiger partial charge in [0.2, 0.25) is 5.91 Å². The van der Waals surface area contributed by atoms with Crippen molar-refractivity contribution in [2.45, 2.75) is 44.8 Å². The maximum absolute atomic E-state index is 13.1. The van der Waals surface area contributed by atoms with E-state index in [2.05, 4.69) is 35.4 Å². The van der Waals surface area contributed by atoms with Gasteiger partial charge in [0.05, 0.1) is 17.5 Å². The highest BCUT2D eigenvalue weighted by Crippen LogP contribution is 2.33. The van der Waals surface area contributed by atoms with Crippen LogP contribution in [-0.2, 0) is 4.79 Å². The molecule has 1 amide bonds. The van der Waals surface area contributed by atoms with Crippen molar-refractivity contribution in [3.05, 3.63) is 42.2 Å². The molecule has 3 aromatic rings. The molecule has 0 spiro atoms. The summed E-state index contributed by atoms with van der Waals surface area (Å²) in [6.07, 6.45) is 1.27. The summed E-state index contributed by atoms with van der Waals surface area (Å²) in [6.45, 7) is 11.9. The molecule has 3 aliphatic rings. The number of carbonyl (C=O) groups excluding carboxylic acids is 1. The Morgan fingerprint density at radius 3 is 2.59 bits per heavy atom. The second-order valence-corrected chi connectivity index (χ2v) is 12.9. The molecule has 0 radical (unpaired) electrons. The molecule has 5 heterocycles. The number of ether oxygens (including phenoxy) is 1. The van der Waals surface area contributed by atoms with E-state index in [1.165, 1.54) is 0 Å². The fraction of sp³-hybridized carbons (Fsp3) is 0.576. The van der Waals surface area contributed by atoms with Gasteiger partial charge < -0.3 is 34.6 Å². The number of para-hydroxylation sites is 1. The maximum Gasteiger partial charge on any atom is 0.254 e. The van der Waals surface area contributed by atoms with E-state index in [1.54, 1.807) is 23.1 Å². The highest BCUT2D eigenvalue weighted by molar-refractivity contribution is 5.83. The molecule has 3 N–H and O–H groups in total. The van der Waals surface area contributed by atoms with Crippen LogP contribution < -0.4 is 15.0 Å². The number of phenols is 1. The zero-order valence-corrected chi connectivity index (χ0v) is 27.0. The summed E-state index contributed by atoms with van der Waals surface area (Å²) in [6, 6.07) is 11.5. The number of aromatic hydroxyl groups is 1. The van der Waals surface area contributed by atoms with Crippen LogP contribution in [0.25, 0.3) is 11.3 Å². The monoisotopic (exact) mass is 634 g/mol. The topological polar surface area (TPSA) is 144 Å². The molecule has 13 heteroatoms. The number of aliphatic hydroxyl groups excluding tert-OH is 1. The van der Waals surface area contributed by atoms with Crippen molar-refractivity contribution in [1.29, 1.82) is 0 Å². The lowest BCUT2D eigenvalue weighted by atomic mass is 9.92. The predicted octanol–water partition coefficient (Wildman–Crippen LogP) is 2.49. The third-order valence-electron chi connectivity index (χ3n) is 9.49. The zero-order valence-electron chi connectivity index (χ0n) is 27.0. The lowest BCUT2D eigenvalue weighted by molar-refractivity contribution is -0.133. The Labute approximate surface area is 270 Å². The quantitative estimate of drug-likeness (QED) is 0.285. The van der Waals surface area contributed by atoms with E-state index in [4.69, 9.17) is 9.26 Å². The van der Waals surface area contributed by atoms with Crippen LogP contribution in [0, 0.1) is 5.92 Å². The molecular formula is C33H46N8O5. The molecule has 3 fully saturated rings. The molecule has 1 aromatic carbocycles. The number of piperazine rings is 1. The minimum absolute atomic E-state index is 0.0300. The molecule has 46 heavy (non-hydrogen) atoms. The number of nitrogens with one attached hydrogen (secondary N) is 1. The minimum atomic E-state index is -0.457. The van der Waals surface area contributed by atoms with Crippen molar-refractivity contribution in [3.63, 3.8) is 0 Å². The van der Waals surface area contributed by atoms with Crippen LogP contribution in [0.2, 0.25) is 0 Å². The van der Waals surface area contributed by atoms with Gasteiger partial charge >= 0.3 is 0 Å². The molecular weight excluding hydrogens is 588 g/mol. The highest BCUT2D eigenvalue weighted by Gasteiger charge is 2.36. The van der Waals surface area contributed by atoms with Gasteiger partial charge in [0.1, 0.15) is 18.3 Å². The predicted molar refractivity (Wildman–Crippen MR) is 174 cm³/mol. The fourth-order valence-corrected chi connectivity index (χ4v) is 6.90. The summed E-state index contributed by atoms with van der Waals surface area (Å²) in [4.78, 5) is 22.2. The number of nitrogens with zero attached hydrogens (tertiary/aromatic N) is 7. The van der Waals surface area contributed by atoms with E-state index in [0.717, 1.165) is 63.7 Å². The molecule has 0 aliphatic carbocycles. The van der Waals surface area contributed by atoms with Crippen molar-refractivity contribution in [1.82, 2.24) is 30.1 Å². The molecule has 13 nitrogen and oxygen atoms in total. The maximum atomic E-state index is 13.1. The number of hydrogen-bond acceptors (Lipinski definition) is 12. The van der Waals surface area contributed by atoms with Gasteiger partial charge in [0, 0.05) is 77.1 Å². The van der Waals surface area contributed by atoms with Crippen molar-refractivity contribution < 1.29 is 24.3 Å². The first-order chi connectivity index (χ1) is 22.3. The Hall–Kier alpha value is -3.94. The molecule has 3 unspecified atom stereocenters. The number of phenolic OH excluding ortho intramolecular Hbond substituents is 1. The number of aliphatic hydroxyl groups is 1. The number of likely N-dealkylation sites (tertiary alicyclic amines) is 2. The van der Waals surface area contributed by atoms with Crippen LogP contribution in [0.3, 0.4) is 0 Å². The van der Waals surface area contributed by atoms with Gasteiger partial charge in [-0.1, -0.05) is 26.0 Å². The number of rotatable bonds is 11. The summed E-state index contributed by atoms with van der Waals surface area (Å²) in [7, 11) is 1.85. The summed E-state index contributed by atoms with van der Waals surface area (Å²) < 4.78 is 11.5. The van der Waals surface area contributed by atoms with Gasteiger partial charge in [-0.05, 0) is 48.7 Å². The van der Waals surface area contributed by atoms with E-state index >= 15 is 0 Å². The molecule has 3 aliphatic heterocycles. The Morgan fingerprint density at radius 2 is 1.87 bits per heavy atom. The van der Waals surface area contributed by atoms with Crippen LogP contribution in [0.5, 0.6) is 11.6 Å². The third kappa shape index (κ3) is 7.06. The van der Waals surface area contributed by atoms with Gasteiger partial charge in [-0.3, -0.25) is 14.6 Å². The number of carbonyl (C=O) groups is 1. The Balaban J connectivity index is 0.973. The van der Waals surface area contributed by atoms with Gasteiger partial charge in [0.25, 0.3) is 5.88 Å². The van der Waals surface area contributed by atoms with Crippen LogP contribution in [0.15, 0.2) is 40.9 Å². The number of β-amino-alcohol motifs (C(OH)–C–C–N with tert-alkyl or cyclic N) is 1. The van der Waals surface area contributed by atoms with Crippen molar-refractivity contribution in [3.8, 4) is 22.9 Å². The molecule has 3 saturated heterocycles. The van der Waals surface area contributed by atoms with Crippen LogP contribution in [0.1, 0.15) is 38.4 Å². The number of hydrogen-bond donors (Lipinski definition) is 3. The first-order valence-corrected chi connectivity index (χ1v) is 16.4. The molecule has 3 atom stereocenters. The number of amides is 1. The molecule has 248 valence electrons. The summed E-state index contributed by atoms with van der Waals surface area (Å²) >= 11 is 0. The van der Waals surface area contributed by atoms with Gasteiger partial charge in [-0.25, -0.2) is 0 Å². The van der Waals surface area contributed by atoms with Gasteiger partial charge in [0.15, 0.2) is 11.6 Å². The Kier molecular flexibility index (Phi) is 9.90. The zero-order chi connectivity index (χ0) is 32.2. The van der Waals surface area contributed by atoms with E-state index < -0.39 is 12.0 Å². The average Bonchev–Trinajstić information content (AvgIpc) is 3.83. The molecule has 2 aromatic heterocycles. The lowest BCUT2D eigenvalue weighted by Gasteiger charge is -2.39. The SMILES string of the molecule is CNc1nnc(-c2ccccc2O)cc1N1CCN(C2CCN(CCOc3cc(C(C(=O)N4CCC(O)C4)C(C)C)on3)C2)CC1. The van der Waals surface area contributed by atoms with E-state index in [-0.39, 0.29) is 17.6 Å². The number of aromatic nitrogens is 3. The van der Waals surface area contributed by atoms with Crippen molar-refractivity contribution in [2.24, 2.45) is 5.92 Å². The van der Waals surface area contributed by atoms with Gasteiger partial charge in [-0.2, -0.15) is 0 Å². The fourth-order valence-electron chi connectivity index (χ4n) is 6.90. The minimum Gasteiger partial charge on any atom is -0.507 e. The van der Waals surface area contributed by atoms with Crippen LogP contribution in [0.4, 0.5) is 11.5 Å². The molecule has 0 saturated carbocycles. The van der Waals surface area contributed by atoms with E-state index in [0.29, 0.717) is 55.1 Å². The number of anilines is 2. The van der Waals surface area contributed by atoms with Crippen molar-refractivity contribution in [2.75, 3.05) is 82.8 Å². The average molecular weight is 635 g/mol.